The number of alkyl halides is 1. The Morgan fingerprint density at radius 3 is 2.15 bits per heavy atom. The van der Waals surface area contributed by atoms with Crippen molar-refractivity contribution in [3.63, 3.8) is 0 Å². The summed E-state index contributed by atoms with van der Waals surface area (Å²) in [6, 6.07) is 15.6. The second-order valence-electron chi connectivity index (χ2n) is 5.00. The van der Waals surface area contributed by atoms with Crippen LogP contribution in [0.5, 0.6) is 5.75 Å². The number of fused-ring (bicyclic) bond motifs is 1. The average molecular weight is 287 g/mol. The van der Waals surface area contributed by atoms with Gasteiger partial charge >= 0.3 is 0 Å². The van der Waals surface area contributed by atoms with E-state index in [2.05, 4.69) is 9.98 Å². The van der Waals surface area contributed by atoms with E-state index >= 15 is 0 Å². The van der Waals surface area contributed by atoms with Gasteiger partial charge in [0.1, 0.15) is 12.4 Å². The van der Waals surface area contributed by atoms with Gasteiger partial charge < -0.3 is 4.74 Å². The van der Waals surface area contributed by atoms with Crippen LogP contribution in [-0.4, -0.2) is 12.3 Å². The molecule has 3 rings (SSSR count). The van der Waals surface area contributed by atoms with Crippen LogP contribution in [0.1, 0.15) is 12.5 Å². The van der Waals surface area contributed by atoms with Crippen LogP contribution < -0.4 is 15.5 Å². The van der Waals surface area contributed by atoms with Crippen molar-refractivity contribution < 1.29 is 4.74 Å². The van der Waals surface area contributed by atoms with Crippen LogP contribution in [0.4, 0.5) is 0 Å². The summed E-state index contributed by atoms with van der Waals surface area (Å²) in [7, 11) is 0. The molecule has 0 bridgehead atoms. The van der Waals surface area contributed by atoms with E-state index in [1.165, 1.54) is 0 Å². The van der Waals surface area contributed by atoms with E-state index in [-0.39, 0.29) is 0 Å². The number of para-hydroxylation sites is 2. The first-order valence-corrected chi connectivity index (χ1v) is 7.04. The second-order valence-corrected chi connectivity index (χ2v) is 5.26. The van der Waals surface area contributed by atoms with E-state index in [9.17, 15) is 0 Å². The molecular weight excluding hydrogens is 272 g/mol. The first-order chi connectivity index (χ1) is 9.68. The topological polar surface area (TPSA) is 34.0 Å². The summed E-state index contributed by atoms with van der Waals surface area (Å²) in [5.41, 5.74) is 0.530. The molecule has 0 unspecified atom stereocenters. The van der Waals surface area contributed by atoms with Gasteiger partial charge in [0.25, 0.3) is 0 Å². The van der Waals surface area contributed by atoms with Crippen molar-refractivity contribution in [3.8, 4) is 5.75 Å². The molecule has 0 saturated carbocycles. The number of benzene rings is 2. The Labute approximate surface area is 122 Å². The molecule has 1 aliphatic rings. The molecule has 2 aromatic rings. The smallest absolute Gasteiger partial charge is 0.182 e. The minimum atomic E-state index is -0.547. The third-order valence-electron chi connectivity index (χ3n) is 3.19. The minimum absolute atomic E-state index is 0.419. The molecule has 0 spiro atoms. The zero-order chi connectivity index (χ0) is 14.0. The van der Waals surface area contributed by atoms with Crippen LogP contribution in [0, 0.1) is 0 Å². The van der Waals surface area contributed by atoms with Crippen molar-refractivity contribution in [1.82, 2.24) is 0 Å². The molecule has 0 fully saturated rings. The lowest BCUT2D eigenvalue weighted by Gasteiger charge is -2.18. The van der Waals surface area contributed by atoms with Gasteiger partial charge in [0.2, 0.25) is 0 Å². The molecule has 0 N–H and O–H groups in total. The molecule has 1 aliphatic heterocycles. The van der Waals surface area contributed by atoms with Gasteiger partial charge in [-0.1, -0.05) is 24.3 Å². The van der Waals surface area contributed by atoms with Crippen LogP contribution >= 0.6 is 11.6 Å². The lowest BCUT2D eigenvalue weighted by molar-refractivity contribution is 0.236. The molecule has 0 atom stereocenters. The maximum Gasteiger partial charge on any atom is 0.182 e. The van der Waals surface area contributed by atoms with Crippen LogP contribution in [0.15, 0.2) is 58.5 Å². The Bertz CT molecular complexity index is 690. The number of ether oxygens (including phenoxy) is 1. The predicted octanol–water partition coefficient (Wildman–Crippen LogP) is 2.47. The normalized spacial score (nSPS) is 15.1. The summed E-state index contributed by atoms with van der Waals surface area (Å²) < 4.78 is 5.79. The second kappa shape index (κ2) is 5.25. The summed E-state index contributed by atoms with van der Waals surface area (Å²) in [4.78, 5) is 9.24. The predicted molar refractivity (Wildman–Crippen MR) is 78.7 cm³/mol. The van der Waals surface area contributed by atoms with Crippen molar-refractivity contribution in [3.05, 3.63) is 64.8 Å². The number of halogens is 1. The highest BCUT2D eigenvalue weighted by Gasteiger charge is 2.25. The van der Waals surface area contributed by atoms with Crippen LogP contribution in [0.25, 0.3) is 0 Å². The Morgan fingerprint density at radius 1 is 1.00 bits per heavy atom. The van der Waals surface area contributed by atoms with Gasteiger partial charge in [-0.05, 0) is 36.8 Å². The monoisotopic (exact) mass is 286 g/mol. The highest BCUT2D eigenvalue weighted by atomic mass is 35.5. The van der Waals surface area contributed by atoms with Gasteiger partial charge in [-0.3, -0.25) is 0 Å². The fourth-order valence-electron chi connectivity index (χ4n) is 2.16. The van der Waals surface area contributed by atoms with E-state index in [0.29, 0.717) is 12.5 Å². The molecule has 0 aliphatic carbocycles. The highest BCUT2D eigenvalue weighted by Crippen LogP contribution is 2.18. The SMILES string of the molecule is CC1(COc2ccc(CCl)cc2)N=c2ccccc2=N1. The summed E-state index contributed by atoms with van der Waals surface area (Å²) >= 11 is 5.76. The Morgan fingerprint density at radius 2 is 1.60 bits per heavy atom. The van der Waals surface area contributed by atoms with E-state index in [4.69, 9.17) is 16.3 Å². The van der Waals surface area contributed by atoms with E-state index < -0.39 is 5.66 Å². The van der Waals surface area contributed by atoms with Gasteiger partial charge in [-0.25, -0.2) is 9.98 Å². The molecule has 0 saturated heterocycles. The molecular formula is C16H15ClN2O. The Balaban J connectivity index is 1.74. The zero-order valence-corrected chi connectivity index (χ0v) is 12.0. The molecule has 20 heavy (non-hydrogen) atoms. The fourth-order valence-corrected chi connectivity index (χ4v) is 2.33. The first kappa shape index (κ1) is 13.1. The molecule has 1 heterocycles. The number of nitrogens with zero attached hydrogens (tertiary/aromatic N) is 2. The molecule has 0 radical (unpaired) electrons. The zero-order valence-electron chi connectivity index (χ0n) is 11.2. The molecule has 102 valence electrons. The van der Waals surface area contributed by atoms with Gasteiger partial charge in [-0.15, -0.1) is 11.6 Å². The first-order valence-electron chi connectivity index (χ1n) is 6.51. The van der Waals surface area contributed by atoms with Crippen LogP contribution in [0.3, 0.4) is 0 Å². The van der Waals surface area contributed by atoms with Gasteiger partial charge in [-0.2, -0.15) is 0 Å². The van der Waals surface area contributed by atoms with Gasteiger partial charge in [0, 0.05) is 5.88 Å². The lowest BCUT2D eigenvalue weighted by atomic mass is 10.2. The molecule has 0 amide bonds. The number of hydrogen-bond acceptors (Lipinski definition) is 3. The standard InChI is InChI=1S/C16H15ClN2O/c1-16(18-14-4-2-3-5-15(14)19-16)11-20-13-8-6-12(10-17)7-9-13/h2-9H,10-11H2,1H3. The van der Waals surface area contributed by atoms with E-state index in [0.717, 1.165) is 22.0 Å². The third kappa shape index (κ3) is 2.68. The highest BCUT2D eigenvalue weighted by molar-refractivity contribution is 6.17. The Kier molecular flexibility index (Phi) is 3.45. The molecule has 2 aromatic carbocycles. The van der Waals surface area contributed by atoms with Crippen molar-refractivity contribution in [2.24, 2.45) is 9.98 Å². The van der Waals surface area contributed by atoms with Gasteiger partial charge in [0.15, 0.2) is 5.66 Å². The average Bonchev–Trinajstić information content (AvgIpc) is 2.82. The summed E-state index contributed by atoms with van der Waals surface area (Å²) in [5, 5.41) is 1.85. The maximum atomic E-state index is 5.79. The van der Waals surface area contributed by atoms with Crippen LogP contribution in [0.2, 0.25) is 0 Å². The third-order valence-corrected chi connectivity index (χ3v) is 3.50. The van der Waals surface area contributed by atoms with Crippen molar-refractivity contribution in [2.45, 2.75) is 18.5 Å². The quantitative estimate of drug-likeness (QED) is 0.795. The lowest BCUT2D eigenvalue weighted by Crippen LogP contribution is -2.27. The van der Waals surface area contributed by atoms with E-state index in [1.807, 2.05) is 55.5 Å². The molecule has 4 heteroatoms. The maximum absolute atomic E-state index is 5.79. The molecule has 0 aromatic heterocycles. The van der Waals surface area contributed by atoms with Crippen molar-refractivity contribution in [1.29, 1.82) is 0 Å². The fraction of sp³-hybridized carbons (Fsp3) is 0.250. The minimum Gasteiger partial charge on any atom is -0.489 e. The summed E-state index contributed by atoms with van der Waals surface area (Å²) in [6.07, 6.45) is 0. The summed E-state index contributed by atoms with van der Waals surface area (Å²) in [6.45, 7) is 2.39. The Hall–Kier alpha value is -1.87. The number of hydrogen-bond donors (Lipinski definition) is 0. The largest absolute Gasteiger partial charge is 0.489 e. The van der Waals surface area contributed by atoms with Crippen molar-refractivity contribution in [2.75, 3.05) is 6.61 Å². The number of rotatable bonds is 4. The van der Waals surface area contributed by atoms with Crippen molar-refractivity contribution >= 4 is 11.6 Å². The van der Waals surface area contributed by atoms with Gasteiger partial charge in [0.05, 0.1) is 10.7 Å². The summed E-state index contributed by atoms with van der Waals surface area (Å²) in [5.74, 6) is 1.32. The molecule has 3 nitrogen and oxygen atoms in total. The van der Waals surface area contributed by atoms with Crippen LogP contribution in [-0.2, 0) is 5.88 Å². The van der Waals surface area contributed by atoms with E-state index in [1.54, 1.807) is 0 Å².